The first-order valence-corrected chi connectivity index (χ1v) is 7.43. The molecule has 0 aromatic heterocycles. The van der Waals surface area contributed by atoms with Crippen molar-refractivity contribution in [1.82, 2.24) is 0 Å². The summed E-state index contributed by atoms with van der Waals surface area (Å²) in [5.74, 6) is 0.368. The highest BCUT2D eigenvalue weighted by Gasteiger charge is 2.19. The summed E-state index contributed by atoms with van der Waals surface area (Å²) in [5, 5.41) is 0. The van der Waals surface area contributed by atoms with Crippen molar-refractivity contribution in [2.75, 3.05) is 0 Å². The first-order valence-electron chi connectivity index (χ1n) is 7.43. The van der Waals surface area contributed by atoms with E-state index in [1.165, 1.54) is 0 Å². The van der Waals surface area contributed by atoms with Crippen molar-refractivity contribution in [2.24, 2.45) is 0 Å². The molecular formula is C19H22O. The molecule has 0 bridgehead atoms. The zero-order chi connectivity index (χ0) is 14.2. The van der Waals surface area contributed by atoms with Gasteiger partial charge in [0.25, 0.3) is 0 Å². The molecule has 0 fully saturated rings. The summed E-state index contributed by atoms with van der Waals surface area (Å²) >= 11 is 0. The SMILES string of the molecule is CCCC[C@@H](C(=O)Cc1ccccc1)c1ccccc1. The van der Waals surface area contributed by atoms with E-state index >= 15 is 0 Å². The largest absolute Gasteiger partial charge is 0.299 e. The van der Waals surface area contributed by atoms with Crippen molar-refractivity contribution in [3.05, 3.63) is 71.8 Å². The average Bonchev–Trinajstić information content (AvgIpc) is 2.50. The van der Waals surface area contributed by atoms with Crippen LogP contribution >= 0.6 is 0 Å². The van der Waals surface area contributed by atoms with Crippen LogP contribution in [0.25, 0.3) is 0 Å². The van der Waals surface area contributed by atoms with Gasteiger partial charge in [-0.3, -0.25) is 4.79 Å². The maximum absolute atomic E-state index is 12.6. The minimum atomic E-state index is 0.0383. The third-order valence-corrected chi connectivity index (χ3v) is 3.66. The minimum absolute atomic E-state index is 0.0383. The Morgan fingerprint density at radius 1 is 0.950 bits per heavy atom. The zero-order valence-electron chi connectivity index (χ0n) is 12.1. The normalized spacial score (nSPS) is 12.1. The van der Waals surface area contributed by atoms with E-state index in [1.807, 2.05) is 48.5 Å². The Morgan fingerprint density at radius 3 is 2.15 bits per heavy atom. The van der Waals surface area contributed by atoms with E-state index in [4.69, 9.17) is 0 Å². The summed E-state index contributed by atoms with van der Waals surface area (Å²) in [6, 6.07) is 20.2. The van der Waals surface area contributed by atoms with Crippen molar-refractivity contribution in [3.8, 4) is 0 Å². The fourth-order valence-electron chi connectivity index (χ4n) is 2.53. The summed E-state index contributed by atoms with van der Waals surface area (Å²) < 4.78 is 0. The van der Waals surface area contributed by atoms with E-state index in [9.17, 15) is 4.79 Å². The van der Waals surface area contributed by atoms with Crippen molar-refractivity contribution >= 4 is 5.78 Å². The van der Waals surface area contributed by atoms with Crippen molar-refractivity contribution in [2.45, 2.75) is 38.5 Å². The van der Waals surface area contributed by atoms with Gasteiger partial charge < -0.3 is 0 Å². The Labute approximate surface area is 121 Å². The highest BCUT2D eigenvalue weighted by molar-refractivity contribution is 5.87. The van der Waals surface area contributed by atoms with Crippen LogP contribution in [0.15, 0.2) is 60.7 Å². The molecule has 0 N–H and O–H groups in total. The van der Waals surface area contributed by atoms with Crippen LogP contribution in [0.3, 0.4) is 0 Å². The van der Waals surface area contributed by atoms with Crippen molar-refractivity contribution in [1.29, 1.82) is 0 Å². The van der Waals surface area contributed by atoms with E-state index in [0.717, 1.165) is 30.4 Å². The average molecular weight is 266 g/mol. The maximum Gasteiger partial charge on any atom is 0.144 e. The standard InChI is InChI=1S/C19H22O/c1-2-3-14-18(17-12-8-5-9-13-17)19(20)15-16-10-6-4-7-11-16/h4-13,18H,2-3,14-15H2,1H3/t18-/m1/s1. The Kier molecular flexibility index (Phi) is 5.55. The third kappa shape index (κ3) is 4.06. The molecule has 0 saturated carbocycles. The molecule has 0 spiro atoms. The van der Waals surface area contributed by atoms with Crippen LogP contribution in [0.2, 0.25) is 0 Å². The molecule has 2 aromatic carbocycles. The fraction of sp³-hybridized carbons (Fsp3) is 0.316. The number of ketones is 1. The van der Waals surface area contributed by atoms with Gasteiger partial charge in [-0.25, -0.2) is 0 Å². The number of carbonyl (C=O) groups excluding carboxylic acids is 1. The topological polar surface area (TPSA) is 17.1 Å². The summed E-state index contributed by atoms with van der Waals surface area (Å²) in [6.07, 6.45) is 3.71. The van der Waals surface area contributed by atoms with Gasteiger partial charge in [0.1, 0.15) is 5.78 Å². The second-order valence-electron chi connectivity index (χ2n) is 5.23. The molecular weight excluding hydrogens is 244 g/mol. The Bertz CT molecular complexity index is 516. The van der Waals surface area contributed by atoms with E-state index in [0.29, 0.717) is 12.2 Å². The summed E-state index contributed by atoms with van der Waals surface area (Å²) in [5.41, 5.74) is 2.26. The third-order valence-electron chi connectivity index (χ3n) is 3.66. The van der Waals surface area contributed by atoms with Gasteiger partial charge in [0.2, 0.25) is 0 Å². The molecule has 0 heterocycles. The number of carbonyl (C=O) groups is 1. The molecule has 2 rings (SSSR count). The van der Waals surface area contributed by atoms with Crippen LogP contribution < -0.4 is 0 Å². The minimum Gasteiger partial charge on any atom is -0.299 e. The molecule has 0 amide bonds. The predicted octanol–water partition coefficient (Wildman–Crippen LogP) is 4.77. The second-order valence-corrected chi connectivity index (χ2v) is 5.23. The van der Waals surface area contributed by atoms with Gasteiger partial charge in [-0.05, 0) is 17.5 Å². The van der Waals surface area contributed by atoms with E-state index < -0.39 is 0 Å². The monoisotopic (exact) mass is 266 g/mol. The van der Waals surface area contributed by atoms with Gasteiger partial charge in [-0.2, -0.15) is 0 Å². The van der Waals surface area contributed by atoms with E-state index in [1.54, 1.807) is 0 Å². The number of benzene rings is 2. The summed E-state index contributed by atoms with van der Waals surface area (Å²) in [6.45, 7) is 2.17. The molecule has 0 unspecified atom stereocenters. The molecule has 1 nitrogen and oxygen atoms in total. The van der Waals surface area contributed by atoms with E-state index in [-0.39, 0.29) is 5.92 Å². The predicted molar refractivity (Wildman–Crippen MR) is 83.9 cm³/mol. The number of hydrogen-bond acceptors (Lipinski definition) is 1. The Hall–Kier alpha value is -1.89. The highest BCUT2D eigenvalue weighted by atomic mass is 16.1. The van der Waals surface area contributed by atoms with Crippen molar-refractivity contribution < 1.29 is 4.79 Å². The van der Waals surface area contributed by atoms with Gasteiger partial charge in [-0.15, -0.1) is 0 Å². The quantitative estimate of drug-likeness (QED) is 0.705. The van der Waals surface area contributed by atoms with Gasteiger partial charge in [0.05, 0.1) is 0 Å². The maximum atomic E-state index is 12.6. The lowest BCUT2D eigenvalue weighted by Crippen LogP contribution is -2.15. The highest BCUT2D eigenvalue weighted by Crippen LogP contribution is 2.24. The lowest BCUT2D eigenvalue weighted by atomic mass is 9.87. The van der Waals surface area contributed by atoms with E-state index in [2.05, 4.69) is 19.1 Å². The zero-order valence-corrected chi connectivity index (χ0v) is 12.1. The van der Waals surface area contributed by atoms with Crippen LogP contribution in [-0.2, 0) is 11.2 Å². The molecule has 104 valence electrons. The molecule has 0 aliphatic rings. The molecule has 0 saturated heterocycles. The van der Waals surface area contributed by atoms with Gasteiger partial charge >= 0.3 is 0 Å². The smallest absolute Gasteiger partial charge is 0.144 e. The summed E-state index contributed by atoms with van der Waals surface area (Å²) in [4.78, 5) is 12.6. The van der Waals surface area contributed by atoms with Crippen LogP contribution in [0.5, 0.6) is 0 Å². The second kappa shape index (κ2) is 7.64. The first-order chi connectivity index (χ1) is 9.81. The van der Waals surface area contributed by atoms with Gasteiger partial charge in [0.15, 0.2) is 0 Å². The van der Waals surface area contributed by atoms with Gasteiger partial charge in [0, 0.05) is 12.3 Å². The number of rotatable bonds is 7. The number of hydrogen-bond donors (Lipinski definition) is 0. The summed E-state index contributed by atoms with van der Waals surface area (Å²) in [7, 11) is 0. The molecule has 1 heteroatoms. The molecule has 2 aromatic rings. The molecule has 0 radical (unpaired) electrons. The lowest BCUT2D eigenvalue weighted by molar-refractivity contribution is -0.120. The fourth-order valence-corrected chi connectivity index (χ4v) is 2.53. The van der Waals surface area contributed by atoms with Crippen molar-refractivity contribution in [3.63, 3.8) is 0 Å². The molecule has 0 aliphatic heterocycles. The lowest BCUT2D eigenvalue weighted by Gasteiger charge is -2.16. The molecule has 1 atom stereocenters. The van der Waals surface area contributed by atoms with Gasteiger partial charge in [-0.1, -0.05) is 80.4 Å². The molecule has 20 heavy (non-hydrogen) atoms. The number of unbranched alkanes of at least 4 members (excludes halogenated alkanes) is 1. The van der Waals surface area contributed by atoms with Crippen LogP contribution in [0.4, 0.5) is 0 Å². The first kappa shape index (κ1) is 14.5. The van der Waals surface area contributed by atoms with Crippen LogP contribution in [0.1, 0.15) is 43.2 Å². The van der Waals surface area contributed by atoms with Crippen LogP contribution in [-0.4, -0.2) is 5.78 Å². The number of Topliss-reactive ketones (excluding diaryl/α,β-unsaturated/α-hetero) is 1. The Balaban J connectivity index is 2.12. The van der Waals surface area contributed by atoms with Crippen LogP contribution in [0, 0.1) is 0 Å². The molecule has 0 aliphatic carbocycles. The Morgan fingerprint density at radius 2 is 1.55 bits per heavy atom.